The van der Waals surface area contributed by atoms with Crippen LogP contribution in [0.4, 0.5) is 0 Å². The van der Waals surface area contributed by atoms with Crippen molar-refractivity contribution in [3.63, 3.8) is 0 Å². The van der Waals surface area contributed by atoms with Gasteiger partial charge in [0.25, 0.3) is 0 Å². The van der Waals surface area contributed by atoms with Crippen molar-refractivity contribution in [2.75, 3.05) is 0 Å². The van der Waals surface area contributed by atoms with E-state index in [1.807, 2.05) is 30.5 Å². The number of benzene rings is 1. The predicted octanol–water partition coefficient (Wildman–Crippen LogP) is 0.566. The van der Waals surface area contributed by atoms with Crippen molar-refractivity contribution in [3.05, 3.63) is 52.7 Å². The summed E-state index contributed by atoms with van der Waals surface area (Å²) in [7, 11) is 0. The minimum atomic E-state index is 0.250. The molecule has 1 N–H and O–H groups in total. The SMILES string of the molecule is O=[NH+][O-].c1ccc2ncccc2c1. The van der Waals surface area contributed by atoms with E-state index in [2.05, 4.69) is 17.1 Å². The highest BCUT2D eigenvalue weighted by Crippen LogP contribution is 2.07. The maximum absolute atomic E-state index is 8.12. The minimum absolute atomic E-state index is 0.250. The van der Waals surface area contributed by atoms with Crippen LogP contribution in [-0.4, -0.2) is 4.98 Å². The number of nitrogens with one attached hydrogen (secondary N) is 1. The van der Waals surface area contributed by atoms with Crippen LogP contribution in [0.3, 0.4) is 0 Å². The Labute approximate surface area is 74.8 Å². The molecule has 4 heteroatoms. The number of rotatable bonds is 0. The molecule has 1 aromatic carbocycles. The first kappa shape index (κ1) is 9.12. The van der Waals surface area contributed by atoms with Gasteiger partial charge in [-0.2, -0.15) is 0 Å². The van der Waals surface area contributed by atoms with Gasteiger partial charge in [0.1, 0.15) is 0 Å². The molecular weight excluding hydrogens is 168 g/mol. The van der Waals surface area contributed by atoms with Gasteiger partial charge in [0.15, 0.2) is 0 Å². The van der Waals surface area contributed by atoms with E-state index in [1.54, 1.807) is 0 Å². The van der Waals surface area contributed by atoms with Gasteiger partial charge in [-0.15, -0.1) is 0 Å². The molecule has 1 heterocycles. The van der Waals surface area contributed by atoms with Gasteiger partial charge in [-0.3, -0.25) is 15.1 Å². The molecule has 0 saturated heterocycles. The quantitative estimate of drug-likeness (QED) is 0.471. The Morgan fingerprint density at radius 2 is 1.77 bits per heavy atom. The van der Waals surface area contributed by atoms with Gasteiger partial charge in [0, 0.05) is 16.9 Å². The van der Waals surface area contributed by atoms with Crippen LogP contribution < -0.4 is 5.34 Å². The summed E-state index contributed by atoms with van der Waals surface area (Å²) in [5.41, 5.74) is 1.06. The fourth-order valence-electron chi connectivity index (χ4n) is 1.02. The van der Waals surface area contributed by atoms with Crippen molar-refractivity contribution in [3.8, 4) is 0 Å². The van der Waals surface area contributed by atoms with Gasteiger partial charge < -0.3 is 0 Å². The Bertz CT molecular complexity index is 325. The second-order valence-electron chi connectivity index (χ2n) is 2.28. The maximum atomic E-state index is 8.12. The molecule has 0 fully saturated rings. The maximum Gasteiger partial charge on any atom is 0.0701 e. The average molecular weight is 176 g/mol. The zero-order valence-electron chi connectivity index (χ0n) is 6.81. The Balaban J connectivity index is 0.000000251. The van der Waals surface area contributed by atoms with Crippen LogP contribution in [0.25, 0.3) is 10.9 Å². The first-order chi connectivity index (χ1) is 6.38. The number of aromatic nitrogens is 1. The minimum Gasteiger partial charge on any atom is -0.267 e. The zero-order chi connectivity index (χ0) is 9.52. The van der Waals surface area contributed by atoms with Crippen LogP contribution >= 0.6 is 0 Å². The van der Waals surface area contributed by atoms with E-state index >= 15 is 0 Å². The summed E-state index contributed by atoms with van der Waals surface area (Å²) in [5, 5.41) is 9.57. The lowest BCUT2D eigenvalue weighted by molar-refractivity contribution is -0.398. The molecule has 13 heavy (non-hydrogen) atoms. The van der Waals surface area contributed by atoms with Gasteiger partial charge in [-0.05, 0) is 12.1 Å². The first-order valence-corrected chi connectivity index (χ1v) is 3.67. The van der Waals surface area contributed by atoms with E-state index < -0.39 is 0 Å². The molecule has 4 nitrogen and oxygen atoms in total. The van der Waals surface area contributed by atoms with Crippen LogP contribution in [-0.2, 0) is 0 Å². The molecule has 0 atom stereocenters. The Kier molecular flexibility index (Phi) is 3.38. The third-order valence-corrected chi connectivity index (χ3v) is 1.51. The highest BCUT2D eigenvalue weighted by Gasteiger charge is 1.86. The molecule has 2 rings (SSSR count). The van der Waals surface area contributed by atoms with Gasteiger partial charge in [-0.1, -0.05) is 24.3 Å². The summed E-state index contributed by atoms with van der Waals surface area (Å²) < 4.78 is 0. The van der Waals surface area contributed by atoms with Crippen molar-refractivity contribution < 1.29 is 5.34 Å². The summed E-state index contributed by atoms with van der Waals surface area (Å²) in [6, 6.07) is 12.1. The highest BCUT2D eigenvalue weighted by molar-refractivity contribution is 5.77. The second kappa shape index (κ2) is 4.82. The van der Waals surface area contributed by atoms with Crippen LogP contribution in [0.1, 0.15) is 0 Å². The molecule has 66 valence electrons. The summed E-state index contributed by atoms with van der Waals surface area (Å²) in [4.78, 5) is 12.3. The van der Waals surface area contributed by atoms with Gasteiger partial charge in [0.2, 0.25) is 0 Å². The lowest BCUT2D eigenvalue weighted by atomic mass is 10.2. The van der Waals surface area contributed by atoms with Gasteiger partial charge in [-0.25, -0.2) is 0 Å². The smallest absolute Gasteiger partial charge is 0.0701 e. The molecule has 2 aromatic rings. The van der Waals surface area contributed by atoms with E-state index in [0.717, 1.165) is 5.52 Å². The molecule has 0 aliphatic heterocycles. The molecule has 0 saturated carbocycles. The Morgan fingerprint density at radius 3 is 2.46 bits per heavy atom. The van der Waals surface area contributed by atoms with Gasteiger partial charge >= 0.3 is 0 Å². The van der Waals surface area contributed by atoms with E-state index in [0.29, 0.717) is 0 Å². The molecule has 0 amide bonds. The number of hydrogen-bond donors (Lipinski definition) is 1. The molecule has 0 spiro atoms. The summed E-state index contributed by atoms with van der Waals surface area (Å²) in [6.45, 7) is 0. The third kappa shape index (κ3) is 2.52. The molecule has 0 unspecified atom stereocenters. The summed E-state index contributed by atoms with van der Waals surface area (Å²) in [6.07, 6.45) is 1.81. The number of hydrogen-bond acceptors (Lipinski definition) is 3. The van der Waals surface area contributed by atoms with Gasteiger partial charge in [0.05, 0.1) is 5.52 Å². The van der Waals surface area contributed by atoms with Crippen LogP contribution in [0.5, 0.6) is 0 Å². The lowest BCUT2D eigenvalue weighted by Crippen LogP contribution is -2.53. The largest absolute Gasteiger partial charge is 0.267 e. The number of fused-ring (bicyclic) bond motifs is 1. The number of para-hydroxylation sites is 1. The van der Waals surface area contributed by atoms with Crippen molar-refractivity contribution in [1.82, 2.24) is 4.98 Å². The summed E-state index contributed by atoms with van der Waals surface area (Å²) in [5.74, 6) is 0. The standard InChI is InChI=1S/C9H7N.HNO2/c1-2-6-9-8(4-1)5-3-7-10-9;2-1-3/h1-7H;1H. The monoisotopic (exact) mass is 176 g/mol. The molecular formula is C9H8N2O2. The number of pyridine rings is 1. The normalized spacial score (nSPS) is 8.62. The first-order valence-electron chi connectivity index (χ1n) is 3.67. The van der Waals surface area contributed by atoms with Crippen molar-refractivity contribution in [2.24, 2.45) is 0 Å². The lowest BCUT2D eigenvalue weighted by Gasteiger charge is -1.91. The van der Waals surface area contributed by atoms with E-state index in [1.165, 1.54) is 5.39 Å². The molecule has 0 radical (unpaired) electrons. The van der Waals surface area contributed by atoms with Crippen molar-refractivity contribution >= 4 is 10.9 Å². The highest BCUT2D eigenvalue weighted by atomic mass is 16.6. The van der Waals surface area contributed by atoms with E-state index in [-0.39, 0.29) is 5.34 Å². The molecule has 0 bridgehead atoms. The predicted molar refractivity (Wildman–Crippen MR) is 49.4 cm³/mol. The molecule has 1 aromatic heterocycles. The Morgan fingerprint density at radius 1 is 1.15 bits per heavy atom. The van der Waals surface area contributed by atoms with E-state index in [4.69, 9.17) is 10.1 Å². The van der Waals surface area contributed by atoms with Crippen LogP contribution in [0, 0.1) is 10.1 Å². The fraction of sp³-hybridized carbons (Fsp3) is 0. The van der Waals surface area contributed by atoms with E-state index in [9.17, 15) is 0 Å². The van der Waals surface area contributed by atoms with Crippen LogP contribution in [0.2, 0.25) is 0 Å². The summed E-state index contributed by atoms with van der Waals surface area (Å²) >= 11 is 0. The zero-order valence-corrected chi connectivity index (χ0v) is 6.81. The third-order valence-electron chi connectivity index (χ3n) is 1.51. The average Bonchev–Trinajstić information content (AvgIpc) is 2.19. The second-order valence-corrected chi connectivity index (χ2v) is 2.28. The van der Waals surface area contributed by atoms with Crippen LogP contribution in [0.15, 0.2) is 42.6 Å². The fourth-order valence-corrected chi connectivity index (χ4v) is 1.02. The Hall–Kier alpha value is -1.97. The molecule has 0 aliphatic rings. The molecule has 0 aliphatic carbocycles. The number of nitrogens with zero attached hydrogens (tertiary/aromatic N) is 1. The van der Waals surface area contributed by atoms with Crippen molar-refractivity contribution in [2.45, 2.75) is 0 Å². The topological polar surface area (TPSA) is 67.0 Å². The van der Waals surface area contributed by atoms with Crippen molar-refractivity contribution in [1.29, 1.82) is 0 Å².